The van der Waals surface area contributed by atoms with E-state index < -0.39 is 0 Å². The van der Waals surface area contributed by atoms with Gasteiger partial charge < -0.3 is 10.1 Å². The lowest BCUT2D eigenvalue weighted by atomic mass is 9.84. The maximum Gasteiger partial charge on any atom is 0.118 e. The molecule has 0 bridgehead atoms. The summed E-state index contributed by atoms with van der Waals surface area (Å²) in [6, 6.07) is 9.10. The summed E-state index contributed by atoms with van der Waals surface area (Å²) in [5, 5.41) is 4.19. The quantitative estimate of drug-likeness (QED) is 0.881. The van der Waals surface area contributed by atoms with Crippen LogP contribution < -0.4 is 10.1 Å². The van der Waals surface area contributed by atoms with Crippen LogP contribution in [0.25, 0.3) is 0 Å². The summed E-state index contributed by atoms with van der Waals surface area (Å²) in [6.07, 6.45) is 5.33. The number of rotatable bonds is 5. The smallest absolute Gasteiger partial charge is 0.118 e. The van der Waals surface area contributed by atoms with Crippen molar-refractivity contribution in [1.29, 1.82) is 0 Å². The van der Waals surface area contributed by atoms with E-state index >= 15 is 0 Å². The van der Waals surface area contributed by atoms with Crippen molar-refractivity contribution in [3.8, 4) is 5.75 Å². The van der Waals surface area contributed by atoms with Crippen LogP contribution in [0.4, 0.5) is 0 Å². The Morgan fingerprint density at radius 2 is 2.00 bits per heavy atom. The molecule has 2 rings (SSSR count). The molecule has 3 unspecified atom stereocenters. The van der Waals surface area contributed by atoms with Crippen molar-refractivity contribution in [3.05, 3.63) is 24.3 Å². The van der Waals surface area contributed by atoms with Crippen molar-refractivity contribution in [2.24, 2.45) is 5.92 Å². The molecule has 0 radical (unpaired) electrons. The first kappa shape index (κ1) is 14.7. The summed E-state index contributed by atoms with van der Waals surface area (Å²) < 4.78 is 5.21. The van der Waals surface area contributed by atoms with Gasteiger partial charge in [-0.25, -0.2) is 0 Å². The summed E-state index contributed by atoms with van der Waals surface area (Å²) in [5.41, 5.74) is 0. The third-order valence-corrected chi connectivity index (χ3v) is 5.56. The standard InChI is InChI=1S/C16H25NOS/c1-4-12-5-10-15(17-2)16(11-12)19-14-8-6-13(18-3)7-9-14/h6-9,12,15-17H,4-5,10-11H2,1-3H3. The Morgan fingerprint density at radius 1 is 1.26 bits per heavy atom. The summed E-state index contributed by atoms with van der Waals surface area (Å²) in [7, 11) is 3.81. The average molecular weight is 279 g/mol. The number of thioether (sulfide) groups is 1. The number of hydrogen-bond donors (Lipinski definition) is 1. The van der Waals surface area contributed by atoms with Gasteiger partial charge in [0.25, 0.3) is 0 Å². The fourth-order valence-corrected chi connectivity index (χ4v) is 4.32. The van der Waals surface area contributed by atoms with Crippen LogP contribution in [-0.2, 0) is 0 Å². The molecular formula is C16H25NOS. The maximum absolute atomic E-state index is 5.21. The van der Waals surface area contributed by atoms with Crippen LogP contribution in [-0.4, -0.2) is 25.4 Å². The lowest BCUT2D eigenvalue weighted by molar-refractivity contribution is 0.304. The van der Waals surface area contributed by atoms with Gasteiger partial charge in [-0.3, -0.25) is 0 Å². The van der Waals surface area contributed by atoms with E-state index in [1.807, 2.05) is 11.8 Å². The molecule has 0 amide bonds. The van der Waals surface area contributed by atoms with Gasteiger partial charge in [0.15, 0.2) is 0 Å². The second kappa shape index (κ2) is 7.20. The van der Waals surface area contributed by atoms with Crippen LogP contribution in [0.2, 0.25) is 0 Å². The van der Waals surface area contributed by atoms with E-state index in [2.05, 4.69) is 43.6 Å². The Balaban J connectivity index is 2.01. The summed E-state index contributed by atoms with van der Waals surface area (Å²) >= 11 is 2.02. The molecule has 1 fully saturated rings. The molecule has 3 heteroatoms. The van der Waals surface area contributed by atoms with E-state index in [0.717, 1.165) is 11.7 Å². The molecule has 0 spiro atoms. The van der Waals surface area contributed by atoms with Crippen molar-refractivity contribution in [2.75, 3.05) is 14.2 Å². The number of ether oxygens (including phenoxy) is 1. The van der Waals surface area contributed by atoms with Crippen molar-refractivity contribution >= 4 is 11.8 Å². The minimum absolute atomic E-state index is 0.648. The Kier molecular flexibility index (Phi) is 5.59. The molecule has 1 saturated carbocycles. The van der Waals surface area contributed by atoms with Gasteiger partial charge in [-0.15, -0.1) is 11.8 Å². The van der Waals surface area contributed by atoms with Crippen molar-refractivity contribution in [1.82, 2.24) is 5.32 Å². The van der Waals surface area contributed by atoms with E-state index in [-0.39, 0.29) is 0 Å². The van der Waals surface area contributed by atoms with Crippen molar-refractivity contribution in [2.45, 2.75) is 48.8 Å². The lowest BCUT2D eigenvalue weighted by Crippen LogP contribution is -2.40. The molecule has 0 aliphatic heterocycles. The molecular weight excluding hydrogens is 254 g/mol. The van der Waals surface area contributed by atoms with Crippen molar-refractivity contribution in [3.63, 3.8) is 0 Å². The third kappa shape index (κ3) is 3.90. The molecule has 1 aliphatic rings. The molecule has 106 valence electrons. The van der Waals surface area contributed by atoms with Gasteiger partial charge in [-0.05, 0) is 56.5 Å². The van der Waals surface area contributed by atoms with Crippen LogP contribution in [0, 0.1) is 5.92 Å². The van der Waals surface area contributed by atoms with Gasteiger partial charge in [0.1, 0.15) is 5.75 Å². The third-order valence-electron chi connectivity index (χ3n) is 4.20. The minimum Gasteiger partial charge on any atom is -0.497 e. The molecule has 2 nitrogen and oxygen atoms in total. The first-order chi connectivity index (χ1) is 9.26. The van der Waals surface area contributed by atoms with Crippen molar-refractivity contribution < 1.29 is 4.74 Å². The molecule has 0 heterocycles. The zero-order valence-corrected chi connectivity index (χ0v) is 13.0. The molecule has 1 aromatic rings. The second-order valence-corrected chi connectivity index (χ2v) is 6.63. The molecule has 3 atom stereocenters. The van der Waals surface area contributed by atoms with E-state index in [1.165, 1.54) is 30.6 Å². The highest BCUT2D eigenvalue weighted by atomic mass is 32.2. The first-order valence-corrected chi connectivity index (χ1v) is 8.12. The zero-order valence-electron chi connectivity index (χ0n) is 12.2. The predicted octanol–water partition coefficient (Wildman–Crippen LogP) is 3.95. The SMILES string of the molecule is CCC1CCC(NC)C(Sc2ccc(OC)cc2)C1. The predicted molar refractivity (Wildman–Crippen MR) is 83.1 cm³/mol. The monoisotopic (exact) mass is 279 g/mol. The van der Waals surface area contributed by atoms with Crippen LogP contribution in [0.5, 0.6) is 5.75 Å². The minimum atomic E-state index is 0.648. The van der Waals surface area contributed by atoms with Gasteiger partial charge in [0.2, 0.25) is 0 Å². The highest BCUT2D eigenvalue weighted by molar-refractivity contribution is 8.00. The first-order valence-electron chi connectivity index (χ1n) is 7.24. The fourth-order valence-electron chi connectivity index (χ4n) is 2.87. The summed E-state index contributed by atoms with van der Waals surface area (Å²) in [4.78, 5) is 1.35. The van der Waals surface area contributed by atoms with E-state index in [0.29, 0.717) is 11.3 Å². The molecule has 0 aromatic heterocycles. The Bertz CT molecular complexity index is 379. The number of nitrogens with one attached hydrogen (secondary N) is 1. The van der Waals surface area contributed by atoms with Gasteiger partial charge in [0, 0.05) is 16.2 Å². The molecule has 1 aliphatic carbocycles. The molecule has 0 saturated heterocycles. The largest absolute Gasteiger partial charge is 0.497 e. The number of hydrogen-bond acceptors (Lipinski definition) is 3. The Morgan fingerprint density at radius 3 is 2.58 bits per heavy atom. The lowest BCUT2D eigenvalue weighted by Gasteiger charge is -2.35. The average Bonchev–Trinajstić information content (AvgIpc) is 2.48. The molecule has 1 N–H and O–H groups in total. The Hall–Kier alpha value is -0.670. The van der Waals surface area contributed by atoms with E-state index in [4.69, 9.17) is 4.74 Å². The Labute approximate surface area is 121 Å². The fraction of sp³-hybridized carbons (Fsp3) is 0.625. The van der Waals surface area contributed by atoms with E-state index in [9.17, 15) is 0 Å². The van der Waals surface area contributed by atoms with Gasteiger partial charge in [0.05, 0.1) is 7.11 Å². The maximum atomic E-state index is 5.21. The highest BCUT2D eigenvalue weighted by Crippen LogP contribution is 2.37. The second-order valence-electron chi connectivity index (χ2n) is 5.31. The van der Waals surface area contributed by atoms with Crippen LogP contribution >= 0.6 is 11.8 Å². The van der Waals surface area contributed by atoms with Crippen LogP contribution in [0.1, 0.15) is 32.6 Å². The van der Waals surface area contributed by atoms with Gasteiger partial charge >= 0.3 is 0 Å². The number of benzene rings is 1. The zero-order chi connectivity index (χ0) is 13.7. The molecule has 19 heavy (non-hydrogen) atoms. The summed E-state index contributed by atoms with van der Waals surface area (Å²) in [5.74, 6) is 1.84. The molecule has 1 aromatic carbocycles. The van der Waals surface area contributed by atoms with E-state index in [1.54, 1.807) is 7.11 Å². The van der Waals surface area contributed by atoms with Gasteiger partial charge in [-0.2, -0.15) is 0 Å². The normalized spacial score (nSPS) is 27.2. The van der Waals surface area contributed by atoms with Crippen LogP contribution in [0.15, 0.2) is 29.2 Å². The van der Waals surface area contributed by atoms with Crippen LogP contribution in [0.3, 0.4) is 0 Å². The highest BCUT2D eigenvalue weighted by Gasteiger charge is 2.29. The summed E-state index contributed by atoms with van der Waals surface area (Å²) in [6.45, 7) is 2.32. The van der Waals surface area contributed by atoms with Gasteiger partial charge in [-0.1, -0.05) is 13.3 Å². The number of methoxy groups -OCH3 is 1. The topological polar surface area (TPSA) is 21.3 Å².